The minimum Gasteiger partial charge on any atom is -0.490 e. The van der Waals surface area contributed by atoms with Gasteiger partial charge < -0.3 is 4.74 Å². The topological polar surface area (TPSA) is 60.4 Å². The van der Waals surface area contributed by atoms with Crippen LogP contribution in [0.15, 0.2) is 41.3 Å². The Morgan fingerprint density at radius 1 is 1.07 bits per heavy atom. The zero-order valence-electron chi connectivity index (χ0n) is 15.8. The lowest BCUT2D eigenvalue weighted by molar-refractivity contribution is -0.133. The van der Waals surface area contributed by atoms with Gasteiger partial charge in [0.1, 0.15) is 16.3 Å². The molecule has 29 heavy (non-hydrogen) atoms. The van der Waals surface area contributed by atoms with Crippen LogP contribution in [0.3, 0.4) is 0 Å². The summed E-state index contributed by atoms with van der Waals surface area (Å²) in [6, 6.07) is 7.39. The van der Waals surface area contributed by atoms with Crippen molar-refractivity contribution < 1.29 is 26.7 Å². The smallest absolute Gasteiger partial charge is 0.188 e. The molecule has 0 bridgehead atoms. The molecule has 0 spiro atoms. The summed E-state index contributed by atoms with van der Waals surface area (Å²) in [5.74, 6) is -4.39. The molecule has 1 saturated carbocycles. The Hall–Kier alpha value is -1.99. The maximum absolute atomic E-state index is 15.1. The third kappa shape index (κ3) is 2.74. The second-order valence-electron chi connectivity index (χ2n) is 7.79. The zero-order valence-corrected chi connectivity index (χ0v) is 17.4. The second-order valence-corrected chi connectivity index (χ2v) is 10.4. The van der Waals surface area contributed by atoms with Crippen molar-refractivity contribution in [2.24, 2.45) is 17.8 Å². The zero-order chi connectivity index (χ0) is 21.1. The molecule has 0 amide bonds. The van der Waals surface area contributed by atoms with E-state index in [4.69, 9.17) is 16.3 Å². The third-order valence-electron chi connectivity index (χ3n) is 6.24. The number of carbonyl (C=O) groups is 1. The summed E-state index contributed by atoms with van der Waals surface area (Å²) in [6.07, 6.45) is -0.150. The highest BCUT2D eigenvalue weighted by molar-refractivity contribution is 7.92. The van der Waals surface area contributed by atoms with E-state index in [9.17, 15) is 17.6 Å². The van der Waals surface area contributed by atoms with Gasteiger partial charge in [-0.05, 0) is 42.8 Å². The Morgan fingerprint density at radius 2 is 1.69 bits per heavy atom. The first kappa shape index (κ1) is 20.3. The fourth-order valence-electron chi connectivity index (χ4n) is 4.83. The molecule has 2 aromatic rings. The number of Topliss-reactive ketones (excluding diaryl/α,β-unsaturated/α-hetero) is 1. The number of halogens is 3. The molecule has 0 saturated heterocycles. The molecule has 4 rings (SSSR count). The van der Waals surface area contributed by atoms with Gasteiger partial charge >= 0.3 is 0 Å². The van der Waals surface area contributed by atoms with E-state index in [1.165, 1.54) is 24.3 Å². The number of benzene rings is 2. The molecule has 4 nitrogen and oxygen atoms in total. The number of carbonyl (C=O) groups excluding carboxylic acids is 1. The summed E-state index contributed by atoms with van der Waals surface area (Å²) < 4.78 is 61.2. The maximum atomic E-state index is 15.1. The summed E-state index contributed by atoms with van der Waals surface area (Å²) in [5, 5.41) is 0.350. The molecule has 2 aromatic carbocycles. The fraction of sp³-hybridized carbons (Fsp3) is 0.381. The predicted octanol–water partition coefficient (Wildman–Crippen LogP) is 4.54. The van der Waals surface area contributed by atoms with Crippen LogP contribution in [0.4, 0.5) is 8.78 Å². The van der Waals surface area contributed by atoms with Gasteiger partial charge in [-0.1, -0.05) is 25.4 Å². The van der Waals surface area contributed by atoms with Crippen molar-refractivity contribution >= 4 is 27.2 Å². The molecular formula is C21H19ClF2O4S. The molecular weight excluding hydrogens is 422 g/mol. The molecule has 1 fully saturated rings. The van der Waals surface area contributed by atoms with Gasteiger partial charge in [-0.25, -0.2) is 17.2 Å². The first-order valence-electron chi connectivity index (χ1n) is 9.26. The van der Waals surface area contributed by atoms with E-state index in [-0.39, 0.29) is 29.3 Å². The number of ether oxygens (including phenoxy) is 1. The summed E-state index contributed by atoms with van der Waals surface area (Å²) in [7, 11) is -4.24. The van der Waals surface area contributed by atoms with Crippen molar-refractivity contribution in [3.63, 3.8) is 0 Å². The number of hydrogen-bond donors (Lipinski definition) is 0. The number of hydrogen-bond acceptors (Lipinski definition) is 4. The van der Waals surface area contributed by atoms with Crippen molar-refractivity contribution in [1.29, 1.82) is 0 Å². The van der Waals surface area contributed by atoms with E-state index >= 15 is 4.39 Å². The summed E-state index contributed by atoms with van der Waals surface area (Å²) in [4.78, 5) is 12.6. The first-order valence-corrected chi connectivity index (χ1v) is 11.1. The third-order valence-corrected chi connectivity index (χ3v) is 9.02. The van der Waals surface area contributed by atoms with Gasteiger partial charge in [0.2, 0.25) is 0 Å². The lowest BCUT2D eigenvalue weighted by Gasteiger charge is -2.50. The number of fused-ring (bicyclic) bond motifs is 3. The number of rotatable bonds is 2. The van der Waals surface area contributed by atoms with E-state index < -0.39 is 49.7 Å². The summed E-state index contributed by atoms with van der Waals surface area (Å²) >= 11 is 5.91. The molecule has 1 heterocycles. The van der Waals surface area contributed by atoms with Crippen LogP contribution in [0.1, 0.15) is 25.8 Å². The average molecular weight is 441 g/mol. The molecule has 1 aliphatic carbocycles. The van der Waals surface area contributed by atoms with Crippen molar-refractivity contribution in [2.45, 2.75) is 29.9 Å². The van der Waals surface area contributed by atoms with E-state index in [0.29, 0.717) is 5.02 Å². The fourth-order valence-corrected chi connectivity index (χ4v) is 7.47. The predicted molar refractivity (Wildman–Crippen MR) is 104 cm³/mol. The van der Waals surface area contributed by atoms with Gasteiger partial charge in [0.15, 0.2) is 21.4 Å². The molecule has 0 radical (unpaired) electrons. The van der Waals surface area contributed by atoms with Crippen LogP contribution in [-0.4, -0.2) is 20.8 Å². The van der Waals surface area contributed by atoms with Crippen molar-refractivity contribution in [3.8, 4) is 5.75 Å². The first-order chi connectivity index (χ1) is 13.6. The molecule has 8 heteroatoms. The Balaban J connectivity index is 2.08. The Labute approximate surface area is 172 Å². The van der Waals surface area contributed by atoms with E-state index in [1.54, 1.807) is 13.8 Å². The summed E-state index contributed by atoms with van der Waals surface area (Å²) in [5.41, 5.74) is -0.324. The molecule has 154 valence electrons. The second kappa shape index (κ2) is 6.77. The van der Waals surface area contributed by atoms with Crippen LogP contribution >= 0.6 is 11.6 Å². The highest BCUT2D eigenvalue weighted by atomic mass is 35.5. The lowest BCUT2D eigenvalue weighted by atomic mass is 9.64. The minimum atomic E-state index is -4.24. The van der Waals surface area contributed by atoms with Gasteiger partial charge in [0.05, 0.1) is 17.1 Å². The highest BCUT2D eigenvalue weighted by Crippen LogP contribution is 2.58. The largest absolute Gasteiger partial charge is 0.490 e. The lowest BCUT2D eigenvalue weighted by Crippen LogP contribution is -2.57. The van der Waals surface area contributed by atoms with Gasteiger partial charge in [-0.15, -0.1) is 0 Å². The van der Waals surface area contributed by atoms with Crippen molar-refractivity contribution in [3.05, 3.63) is 58.6 Å². The molecule has 0 aromatic heterocycles. The number of ketones is 1. The highest BCUT2D eigenvalue weighted by Gasteiger charge is 2.63. The maximum Gasteiger partial charge on any atom is 0.188 e. The summed E-state index contributed by atoms with van der Waals surface area (Å²) in [6.45, 7) is 3.06. The molecule has 0 N–H and O–H groups in total. The van der Waals surface area contributed by atoms with Crippen LogP contribution in [0.2, 0.25) is 5.02 Å². The van der Waals surface area contributed by atoms with Crippen LogP contribution in [0.25, 0.3) is 0 Å². The van der Waals surface area contributed by atoms with E-state index in [2.05, 4.69) is 0 Å². The van der Waals surface area contributed by atoms with Gasteiger partial charge in [-0.3, -0.25) is 4.79 Å². The Morgan fingerprint density at radius 3 is 2.34 bits per heavy atom. The molecule has 2 aliphatic rings. The standard InChI is InChI=1S/C21H19ClF2O4S/c1-11-9-21(29(26,27)14-5-3-13(22)4-6-14)15(12(2)19(11)25)10-28-20-17(24)8-7-16(23)18(20)21/h3-8,11-12,15H,9-10H2,1-2H3. The van der Waals surface area contributed by atoms with Crippen LogP contribution in [-0.2, 0) is 19.4 Å². The Bertz CT molecular complexity index is 1100. The minimum absolute atomic E-state index is 0.0582. The molecule has 4 unspecified atom stereocenters. The van der Waals surface area contributed by atoms with Crippen LogP contribution in [0.5, 0.6) is 5.75 Å². The SMILES string of the molecule is CC1CC2(S(=O)(=O)c3ccc(Cl)cc3)c3c(F)ccc(F)c3OCC2C(C)C1=O. The van der Waals surface area contributed by atoms with E-state index in [1.807, 2.05) is 0 Å². The van der Waals surface area contributed by atoms with Crippen molar-refractivity contribution in [1.82, 2.24) is 0 Å². The average Bonchev–Trinajstić information content (AvgIpc) is 2.68. The number of sulfone groups is 1. The normalized spacial score (nSPS) is 29.0. The quantitative estimate of drug-likeness (QED) is 0.687. The van der Waals surface area contributed by atoms with Crippen LogP contribution < -0.4 is 4.74 Å². The monoisotopic (exact) mass is 440 g/mol. The molecule has 1 aliphatic heterocycles. The van der Waals surface area contributed by atoms with Gasteiger partial charge in [0.25, 0.3) is 0 Å². The van der Waals surface area contributed by atoms with Crippen molar-refractivity contribution in [2.75, 3.05) is 6.61 Å². The van der Waals surface area contributed by atoms with E-state index in [0.717, 1.165) is 12.1 Å². The van der Waals surface area contributed by atoms with Gasteiger partial charge in [0, 0.05) is 22.8 Å². The van der Waals surface area contributed by atoms with Gasteiger partial charge in [-0.2, -0.15) is 0 Å². The van der Waals surface area contributed by atoms with Crippen LogP contribution in [0, 0.1) is 29.4 Å². The molecule has 4 atom stereocenters. The Kier molecular flexibility index (Phi) is 4.74.